The first-order valence-electron chi connectivity index (χ1n) is 9.45. The van der Waals surface area contributed by atoms with E-state index in [0.29, 0.717) is 24.4 Å². The van der Waals surface area contributed by atoms with Crippen LogP contribution in [0.25, 0.3) is 0 Å². The van der Waals surface area contributed by atoms with Crippen molar-refractivity contribution in [3.8, 4) is 0 Å². The van der Waals surface area contributed by atoms with E-state index < -0.39 is 10.0 Å². The third-order valence-electron chi connectivity index (χ3n) is 5.48. The molecule has 4 rings (SSSR count). The molecule has 6 nitrogen and oxygen atoms in total. The molecule has 2 aromatic rings. The van der Waals surface area contributed by atoms with E-state index in [4.69, 9.17) is 0 Å². The van der Waals surface area contributed by atoms with Gasteiger partial charge in [-0.05, 0) is 42.8 Å². The summed E-state index contributed by atoms with van der Waals surface area (Å²) < 4.78 is 27.9. The maximum absolute atomic E-state index is 13.2. The number of fused-ring (bicyclic) bond motifs is 1. The number of pyridine rings is 1. The summed E-state index contributed by atoms with van der Waals surface area (Å²) in [4.78, 5) is 9.44. The molecule has 0 amide bonds. The number of rotatable bonds is 4. The minimum atomic E-state index is -3.51. The molecule has 0 saturated carbocycles. The molecular weight excluding hydrogens is 360 g/mol. The molecule has 7 heteroatoms. The van der Waals surface area contributed by atoms with Gasteiger partial charge in [0.05, 0.1) is 17.1 Å². The third kappa shape index (κ3) is 4.06. The van der Waals surface area contributed by atoms with Crippen LogP contribution in [0.5, 0.6) is 0 Å². The Morgan fingerprint density at radius 3 is 2.67 bits per heavy atom. The first-order valence-corrected chi connectivity index (χ1v) is 10.9. The van der Waals surface area contributed by atoms with Gasteiger partial charge in [-0.3, -0.25) is 9.88 Å². The van der Waals surface area contributed by atoms with E-state index in [1.165, 1.54) is 0 Å². The highest BCUT2D eigenvalue weighted by Crippen LogP contribution is 2.24. The number of benzene rings is 1. The largest absolute Gasteiger partial charge is 0.304 e. The van der Waals surface area contributed by atoms with Crippen molar-refractivity contribution < 1.29 is 8.42 Å². The number of hydrogen-bond acceptors (Lipinski definition) is 5. The van der Waals surface area contributed by atoms with Gasteiger partial charge in [0.15, 0.2) is 0 Å². The van der Waals surface area contributed by atoms with E-state index in [2.05, 4.69) is 21.8 Å². The van der Waals surface area contributed by atoms with Crippen molar-refractivity contribution in [1.29, 1.82) is 0 Å². The molecule has 1 aromatic heterocycles. The lowest BCUT2D eigenvalue weighted by Crippen LogP contribution is -2.43. The number of piperazine rings is 1. The van der Waals surface area contributed by atoms with Gasteiger partial charge in [0.25, 0.3) is 0 Å². The summed E-state index contributed by atoms with van der Waals surface area (Å²) in [5, 5.41) is 0. The van der Waals surface area contributed by atoms with Crippen molar-refractivity contribution in [3.63, 3.8) is 0 Å². The van der Waals surface area contributed by atoms with Crippen molar-refractivity contribution in [2.24, 2.45) is 0 Å². The van der Waals surface area contributed by atoms with Gasteiger partial charge in [0.2, 0.25) is 10.0 Å². The third-order valence-corrected chi connectivity index (χ3v) is 7.32. The van der Waals surface area contributed by atoms with Crippen LogP contribution < -0.4 is 0 Å². The van der Waals surface area contributed by atoms with Crippen molar-refractivity contribution in [3.05, 3.63) is 59.4 Å². The average Bonchev–Trinajstić information content (AvgIpc) is 2.69. The van der Waals surface area contributed by atoms with Crippen molar-refractivity contribution in [2.45, 2.75) is 24.4 Å². The van der Waals surface area contributed by atoms with Crippen molar-refractivity contribution in [2.75, 3.05) is 39.8 Å². The van der Waals surface area contributed by atoms with E-state index in [0.717, 1.165) is 49.5 Å². The van der Waals surface area contributed by atoms with Gasteiger partial charge in [-0.2, -0.15) is 4.31 Å². The predicted molar refractivity (Wildman–Crippen MR) is 105 cm³/mol. The topological polar surface area (TPSA) is 56.8 Å². The summed E-state index contributed by atoms with van der Waals surface area (Å²) in [6.07, 6.45) is 2.44. The second-order valence-corrected chi connectivity index (χ2v) is 9.36. The molecule has 2 aliphatic rings. The van der Waals surface area contributed by atoms with E-state index in [1.807, 2.05) is 30.3 Å². The Kier molecular flexibility index (Phi) is 5.27. The highest BCUT2D eigenvalue weighted by Gasteiger charge is 2.29. The summed E-state index contributed by atoms with van der Waals surface area (Å²) in [5.74, 6) is 0. The zero-order chi connectivity index (χ0) is 18.9. The van der Waals surface area contributed by atoms with Gasteiger partial charge in [-0.1, -0.05) is 18.2 Å². The number of aromatic nitrogens is 1. The molecule has 0 unspecified atom stereocenters. The molecule has 1 saturated heterocycles. The number of hydrogen-bond donors (Lipinski definition) is 0. The molecule has 27 heavy (non-hydrogen) atoms. The van der Waals surface area contributed by atoms with Crippen LogP contribution in [-0.2, 0) is 29.5 Å². The summed E-state index contributed by atoms with van der Waals surface area (Å²) in [6.45, 7) is 5.78. The SMILES string of the molecule is CN1CCN(Cc2cccc(S(=O)(=O)N3CCc4cccnc4C3)c2)CC1. The van der Waals surface area contributed by atoms with Crippen molar-refractivity contribution in [1.82, 2.24) is 19.1 Å². The van der Waals surface area contributed by atoms with E-state index >= 15 is 0 Å². The molecule has 1 fully saturated rings. The fourth-order valence-electron chi connectivity index (χ4n) is 3.76. The highest BCUT2D eigenvalue weighted by molar-refractivity contribution is 7.89. The van der Waals surface area contributed by atoms with Crippen molar-refractivity contribution >= 4 is 10.0 Å². The summed E-state index contributed by atoms with van der Waals surface area (Å²) >= 11 is 0. The van der Waals surface area contributed by atoms with E-state index in [-0.39, 0.29) is 0 Å². The lowest BCUT2D eigenvalue weighted by Gasteiger charge is -2.32. The van der Waals surface area contributed by atoms with Crippen LogP contribution in [0.2, 0.25) is 0 Å². The Bertz CT molecular complexity index is 908. The normalized spacial score (nSPS) is 19.7. The zero-order valence-corrected chi connectivity index (χ0v) is 16.5. The predicted octanol–water partition coefficient (Wildman–Crippen LogP) is 1.58. The molecule has 0 N–H and O–H groups in total. The monoisotopic (exact) mass is 386 g/mol. The molecule has 144 valence electrons. The lowest BCUT2D eigenvalue weighted by molar-refractivity contribution is 0.148. The Morgan fingerprint density at radius 1 is 1.04 bits per heavy atom. The van der Waals surface area contributed by atoms with Crippen LogP contribution in [0.15, 0.2) is 47.5 Å². The lowest BCUT2D eigenvalue weighted by atomic mass is 10.1. The van der Waals surface area contributed by atoms with Gasteiger partial charge in [0.1, 0.15) is 0 Å². The van der Waals surface area contributed by atoms with Crippen LogP contribution in [0.1, 0.15) is 16.8 Å². The Hall–Kier alpha value is -1.80. The molecule has 0 aliphatic carbocycles. The molecule has 0 bridgehead atoms. The Morgan fingerprint density at radius 2 is 1.85 bits per heavy atom. The molecule has 0 radical (unpaired) electrons. The van der Waals surface area contributed by atoms with Crippen LogP contribution in [0.4, 0.5) is 0 Å². The molecule has 0 atom stereocenters. The smallest absolute Gasteiger partial charge is 0.243 e. The fourth-order valence-corrected chi connectivity index (χ4v) is 5.23. The summed E-state index contributed by atoms with van der Waals surface area (Å²) in [7, 11) is -1.38. The number of sulfonamides is 1. The second kappa shape index (κ2) is 7.67. The first-order chi connectivity index (χ1) is 13.0. The van der Waals surface area contributed by atoms with Gasteiger partial charge in [0, 0.05) is 45.5 Å². The first kappa shape index (κ1) is 18.6. The molecule has 1 aromatic carbocycles. The Balaban J connectivity index is 1.51. The van der Waals surface area contributed by atoms with E-state index in [1.54, 1.807) is 16.6 Å². The molecular formula is C20H26N4O2S. The quantitative estimate of drug-likeness (QED) is 0.799. The van der Waals surface area contributed by atoms with Crippen LogP contribution in [0, 0.1) is 0 Å². The minimum Gasteiger partial charge on any atom is -0.304 e. The highest BCUT2D eigenvalue weighted by atomic mass is 32.2. The van der Waals surface area contributed by atoms with E-state index in [9.17, 15) is 8.42 Å². The maximum atomic E-state index is 13.2. The molecule has 0 spiro atoms. The van der Waals surface area contributed by atoms with Crippen LogP contribution in [0.3, 0.4) is 0 Å². The van der Waals surface area contributed by atoms with Gasteiger partial charge in [-0.25, -0.2) is 8.42 Å². The molecule has 3 heterocycles. The average molecular weight is 387 g/mol. The Labute approximate surface area is 161 Å². The van der Waals surface area contributed by atoms with Gasteiger partial charge < -0.3 is 4.90 Å². The number of likely N-dealkylation sites (N-methyl/N-ethyl adjacent to an activating group) is 1. The second-order valence-electron chi connectivity index (χ2n) is 7.42. The van der Waals surface area contributed by atoms with Gasteiger partial charge in [-0.15, -0.1) is 0 Å². The summed E-state index contributed by atoms with van der Waals surface area (Å²) in [5.41, 5.74) is 3.06. The number of nitrogens with zero attached hydrogens (tertiary/aromatic N) is 4. The fraction of sp³-hybridized carbons (Fsp3) is 0.450. The van der Waals surface area contributed by atoms with Gasteiger partial charge >= 0.3 is 0 Å². The van der Waals surface area contributed by atoms with Crippen LogP contribution in [-0.4, -0.2) is 67.3 Å². The minimum absolute atomic E-state index is 0.348. The van der Waals surface area contributed by atoms with Crippen LogP contribution >= 0.6 is 0 Å². The zero-order valence-electron chi connectivity index (χ0n) is 15.7. The standard InChI is InChI=1S/C20H26N4O2S/c1-22-10-12-23(13-11-22)15-17-4-2-6-19(14-17)27(25,26)24-9-7-18-5-3-8-21-20(18)16-24/h2-6,8,14H,7,9-13,15-16H2,1H3. The molecule has 2 aliphatic heterocycles. The maximum Gasteiger partial charge on any atom is 0.243 e. The summed E-state index contributed by atoms with van der Waals surface area (Å²) in [6, 6.07) is 11.4.